The van der Waals surface area contributed by atoms with Crippen molar-refractivity contribution in [2.45, 2.75) is 0 Å². The van der Waals surface area contributed by atoms with Gasteiger partial charge in [0, 0.05) is 22.3 Å². The van der Waals surface area contributed by atoms with Crippen LogP contribution in [0.1, 0.15) is 31.8 Å². The second-order valence-corrected chi connectivity index (χ2v) is 6.27. The second-order valence-electron chi connectivity index (χ2n) is 4.70. The van der Waals surface area contributed by atoms with E-state index in [9.17, 15) is 18.0 Å². The van der Waals surface area contributed by atoms with Gasteiger partial charge in [-0.1, -0.05) is 24.3 Å². The maximum Gasteiger partial charge on any atom is 0.306 e. The first-order valence-electron chi connectivity index (χ1n) is 6.09. The maximum atomic E-state index is 12.4. The number of benzene rings is 2. The molecule has 2 aromatic carbocycles. The van der Waals surface area contributed by atoms with Crippen LogP contribution in [0.2, 0.25) is 0 Å². The first-order valence-corrected chi connectivity index (χ1v) is 7.90. The lowest BCUT2D eigenvalue weighted by Crippen LogP contribution is -2.21. The highest BCUT2D eigenvalue weighted by atomic mass is 32.2. The monoisotopic (exact) mass is 302 g/mol. The Morgan fingerprint density at radius 2 is 1.33 bits per heavy atom. The van der Waals surface area contributed by atoms with Crippen molar-refractivity contribution in [2.24, 2.45) is 0 Å². The quantitative estimate of drug-likeness (QED) is 0.675. The predicted octanol–water partition coefficient (Wildman–Crippen LogP) is 1.80. The molecule has 5 nitrogen and oxygen atoms in total. The highest BCUT2D eigenvalue weighted by Gasteiger charge is 2.29. The first-order chi connectivity index (χ1) is 9.87. The van der Waals surface area contributed by atoms with Gasteiger partial charge in [0.05, 0.1) is 6.26 Å². The molecular weight excluding hydrogens is 292 g/mol. The van der Waals surface area contributed by atoms with E-state index in [1.54, 1.807) is 24.3 Å². The van der Waals surface area contributed by atoms with Gasteiger partial charge in [-0.3, -0.25) is 9.59 Å². The van der Waals surface area contributed by atoms with E-state index in [1.807, 2.05) is 0 Å². The Bertz CT molecular complexity index is 881. The third-order valence-electron chi connectivity index (χ3n) is 3.14. The molecule has 1 aliphatic carbocycles. The molecule has 3 rings (SSSR count). The van der Waals surface area contributed by atoms with Crippen molar-refractivity contribution < 1.29 is 22.2 Å². The van der Waals surface area contributed by atoms with Gasteiger partial charge in [-0.15, -0.1) is 0 Å². The predicted molar refractivity (Wildman–Crippen MR) is 75.2 cm³/mol. The second kappa shape index (κ2) is 4.53. The lowest BCUT2D eigenvalue weighted by Gasteiger charge is -2.17. The molecule has 0 saturated carbocycles. The standard InChI is InChI=1S/C15H10O5S/c1-21(18,19)20-9-6-7-12-13(8-9)15(17)11-5-3-2-4-10(11)14(12)16/h2-8H,1H3. The smallest absolute Gasteiger partial charge is 0.306 e. The molecule has 0 spiro atoms. The van der Waals surface area contributed by atoms with Crippen LogP contribution < -0.4 is 4.18 Å². The summed E-state index contributed by atoms with van der Waals surface area (Å²) in [6.45, 7) is 0. The Morgan fingerprint density at radius 3 is 1.90 bits per heavy atom. The fourth-order valence-electron chi connectivity index (χ4n) is 2.31. The van der Waals surface area contributed by atoms with Crippen molar-refractivity contribution in [3.05, 3.63) is 64.7 Å². The zero-order chi connectivity index (χ0) is 15.2. The molecule has 0 N–H and O–H groups in total. The third kappa shape index (κ3) is 2.34. The molecule has 0 atom stereocenters. The topological polar surface area (TPSA) is 77.5 Å². The highest BCUT2D eigenvalue weighted by Crippen LogP contribution is 2.30. The van der Waals surface area contributed by atoms with Crippen LogP contribution in [0.4, 0.5) is 0 Å². The van der Waals surface area contributed by atoms with E-state index in [0.717, 1.165) is 6.26 Å². The summed E-state index contributed by atoms with van der Waals surface area (Å²) in [4.78, 5) is 24.8. The molecule has 0 unspecified atom stereocenters. The Morgan fingerprint density at radius 1 is 0.810 bits per heavy atom. The number of fused-ring (bicyclic) bond motifs is 2. The Hall–Kier alpha value is -2.47. The van der Waals surface area contributed by atoms with Crippen LogP contribution in [0.3, 0.4) is 0 Å². The molecule has 0 aromatic heterocycles. The van der Waals surface area contributed by atoms with Crippen LogP contribution in [0, 0.1) is 0 Å². The fraction of sp³-hybridized carbons (Fsp3) is 0.0667. The van der Waals surface area contributed by atoms with Gasteiger partial charge in [-0.25, -0.2) is 0 Å². The van der Waals surface area contributed by atoms with Gasteiger partial charge in [0.15, 0.2) is 11.6 Å². The summed E-state index contributed by atoms with van der Waals surface area (Å²) in [6, 6.07) is 10.6. The van der Waals surface area contributed by atoms with Crippen molar-refractivity contribution in [1.82, 2.24) is 0 Å². The molecule has 0 fully saturated rings. The molecule has 0 bridgehead atoms. The van der Waals surface area contributed by atoms with Gasteiger partial charge in [-0.05, 0) is 18.2 Å². The minimum Gasteiger partial charge on any atom is -0.383 e. The van der Waals surface area contributed by atoms with E-state index in [-0.39, 0.29) is 28.4 Å². The van der Waals surface area contributed by atoms with Crippen LogP contribution in [0.25, 0.3) is 0 Å². The van der Waals surface area contributed by atoms with Gasteiger partial charge in [0.25, 0.3) is 0 Å². The maximum absolute atomic E-state index is 12.4. The van der Waals surface area contributed by atoms with Crippen LogP contribution in [0.5, 0.6) is 5.75 Å². The molecule has 106 valence electrons. The van der Waals surface area contributed by atoms with E-state index in [0.29, 0.717) is 11.1 Å². The Balaban J connectivity index is 2.15. The van der Waals surface area contributed by atoms with Gasteiger partial charge < -0.3 is 4.18 Å². The molecule has 0 aliphatic heterocycles. The molecular formula is C15H10O5S. The normalized spacial score (nSPS) is 13.6. The minimum atomic E-state index is -3.69. The third-order valence-corrected chi connectivity index (χ3v) is 3.64. The summed E-state index contributed by atoms with van der Waals surface area (Å²) in [7, 11) is -3.69. The molecule has 0 amide bonds. The summed E-state index contributed by atoms with van der Waals surface area (Å²) in [5, 5.41) is 0. The first kappa shape index (κ1) is 13.5. The zero-order valence-electron chi connectivity index (χ0n) is 11.0. The summed E-state index contributed by atoms with van der Waals surface area (Å²) in [5.74, 6) is -0.568. The van der Waals surface area contributed by atoms with Crippen LogP contribution in [0.15, 0.2) is 42.5 Å². The van der Waals surface area contributed by atoms with E-state index in [4.69, 9.17) is 4.18 Å². The molecule has 2 aromatic rings. The molecule has 6 heteroatoms. The van der Waals surface area contributed by atoms with Gasteiger partial charge in [-0.2, -0.15) is 8.42 Å². The van der Waals surface area contributed by atoms with Crippen molar-refractivity contribution in [1.29, 1.82) is 0 Å². The number of carbonyl (C=O) groups is 2. The van der Waals surface area contributed by atoms with Crippen molar-refractivity contribution >= 4 is 21.7 Å². The molecule has 0 heterocycles. The fourth-order valence-corrected chi connectivity index (χ4v) is 2.76. The number of rotatable bonds is 2. The number of hydrogen-bond acceptors (Lipinski definition) is 5. The number of hydrogen-bond donors (Lipinski definition) is 0. The van der Waals surface area contributed by atoms with E-state index >= 15 is 0 Å². The van der Waals surface area contributed by atoms with Gasteiger partial charge in [0.1, 0.15) is 5.75 Å². The van der Waals surface area contributed by atoms with Gasteiger partial charge in [0.2, 0.25) is 0 Å². The number of ketones is 2. The zero-order valence-corrected chi connectivity index (χ0v) is 11.8. The Kier molecular flexibility index (Phi) is 2.91. The van der Waals surface area contributed by atoms with E-state index < -0.39 is 10.1 Å². The SMILES string of the molecule is CS(=O)(=O)Oc1ccc2c(c1)C(=O)c1ccccc1C2=O. The van der Waals surface area contributed by atoms with Crippen molar-refractivity contribution in [3.63, 3.8) is 0 Å². The molecule has 21 heavy (non-hydrogen) atoms. The summed E-state index contributed by atoms with van der Waals surface area (Å²) < 4.78 is 27.0. The lowest BCUT2D eigenvalue weighted by molar-refractivity contribution is 0.0979. The van der Waals surface area contributed by atoms with Crippen LogP contribution in [-0.2, 0) is 10.1 Å². The number of carbonyl (C=O) groups excluding carboxylic acids is 2. The van der Waals surface area contributed by atoms with Crippen molar-refractivity contribution in [2.75, 3.05) is 6.26 Å². The molecule has 0 saturated heterocycles. The Labute approximate surface area is 121 Å². The average Bonchev–Trinajstić information content (AvgIpc) is 2.43. The molecule has 1 aliphatic rings. The summed E-state index contributed by atoms with van der Waals surface area (Å²) >= 11 is 0. The van der Waals surface area contributed by atoms with Gasteiger partial charge >= 0.3 is 10.1 Å². The summed E-state index contributed by atoms with van der Waals surface area (Å²) in [6.07, 6.45) is 0.911. The van der Waals surface area contributed by atoms with E-state index in [2.05, 4.69) is 0 Å². The largest absolute Gasteiger partial charge is 0.383 e. The minimum absolute atomic E-state index is 0.0109. The van der Waals surface area contributed by atoms with Crippen LogP contribution >= 0.6 is 0 Å². The highest BCUT2D eigenvalue weighted by molar-refractivity contribution is 7.86. The molecule has 0 radical (unpaired) electrons. The van der Waals surface area contributed by atoms with Crippen molar-refractivity contribution in [3.8, 4) is 5.75 Å². The lowest BCUT2D eigenvalue weighted by atomic mass is 9.84. The summed E-state index contributed by atoms with van der Waals surface area (Å²) in [5.41, 5.74) is 1.07. The van der Waals surface area contributed by atoms with Crippen LogP contribution in [-0.4, -0.2) is 26.2 Å². The average molecular weight is 302 g/mol. The van der Waals surface area contributed by atoms with E-state index in [1.165, 1.54) is 18.2 Å².